The molecular weight excluding hydrogens is 364 g/mol. The molecule has 0 aliphatic heterocycles. The highest BCUT2D eigenvalue weighted by Crippen LogP contribution is 2.29. The van der Waals surface area contributed by atoms with Crippen LogP contribution in [0.1, 0.15) is 38.3 Å². The molecule has 1 aromatic carbocycles. The fourth-order valence-electron chi connectivity index (χ4n) is 2.78. The number of fused-ring (bicyclic) bond motifs is 1. The summed E-state index contributed by atoms with van der Waals surface area (Å²) in [6.07, 6.45) is 0. The van der Waals surface area contributed by atoms with E-state index in [0.29, 0.717) is 17.3 Å². The van der Waals surface area contributed by atoms with Gasteiger partial charge in [-0.15, -0.1) is 21.5 Å². The summed E-state index contributed by atoms with van der Waals surface area (Å²) in [6.45, 7) is 6.31. The number of nitrogens with zero attached hydrogens (tertiary/aromatic N) is 4. The van der Waals surface area contributed by atoms with Gasteiger partial charge in [0.15, 0.2) is 6.61 Å². The number of aromatic nitrogens is 4. The van der Waals surface area contributed by atoms with Gasteiger partial charge in [0.25, 0.3) is 5.89 Å². The molecule has 0 spiro atoms. The molecule has 0 fully saturated rings. The highest BCUT2D eigenvalue weighted by atomic mass is 32.1. The number of hydrogen-bond acceptors (Lipinski definition) is 7. The van der Waals surface area contributed by atoms with Gasteiger partial charge in [0, 0.05) is 12.3 Å². The predicted octanol–water partition coefficient (Wildman–Crippen LogP) is 3.81. The summed E-state index contributed by atoms with van der Waals surface area (Å²) in [5.74, 6) is 0.312. The monoisotopic (exact) mass is 382 g/mol. The first-order valence-electron chi connectivity index (χ1n) is 8.48. The van der Waals surface area contributed by atoms with Crippen molar-refractivity contribution in [1.29, 1.82) is 0 Å². The van der Waals surface area contributed by atoms with Crippen LogP contribution < -0.4 is 0 Å². The average molecular weight is 382 g/mol. The van der Waals surface area contributed by atoms with Crippen LogP contribution in [0.2, 0.25) is 0 Å². The van der Waals surface area contributed by atoms with E-state index < -0.39 is 5.97 Å². The van der Waals surface area contributed by atoms with Crippen LogP contribution in [-0.4, -0.2) is 25.9 Å². The van der Waals surface area contributed by atoms with Crippen LogP contribution >= 0.6 is 11.3 Å². The van der Waals surface area contributed by atoms with Gasteiger partial charge in [-0.1, -0.05) is 29.8 Å². The minimum Gasteiger partial charge on any atom is -0.451 e. The Kier molecular flexibility index (Phi) is 4.49. The third-order valence-electron chi connectivity index (χ3n) is 4.16. The standard InChI is InChI=1S/C19H18N4O3S/c1-11-4-6-14(7-5-11)9-23-18-15(12(2)22-23)8-16(27-18)19(24)25-10-17-21-20-13(3)26-17/h4-8H,9-10H2,1-3H3. The first-order valence-corrected chi connectivity index (χ1v) is 9.30. The lowest BCUT2D eigenvalue weighted by Crippen LogP contribution is -2.04. The number of esters is 1. The fourth-order valence-corrected chi connectivity index (χ4v) is 3.84. The number of rotatable bonds is 5. The van der Waals surface area contributed by atoms with Crippen molar-refractivity contribution in [3.63, 3.8) is 0 Å². The molecule has 0 saturated carbocycles. The molecule has 4 rings (SSSR count). The van der Waals surface area contributed by atoms with Gasteiger partial charge in [0.05, 0.1) is 12.2 Å². The summed E-state index contributed by atoms with van der Waals surface area (Å²) < 4.78 is 12.4. The maximum absolute atomic E-state index is 12.4. The SMILES string of the molecule is Cc1ccc(Cn2nc(C)c3cc(C(=O)OCc4nnc(C)o4)sc32)cc1. The van der Waals surface area contributed by atoms with E-state index in [9.17, 15) is 4.79 Å². The third kappa shape index (κ3) is 3.61. The molecule has 3 heterocycles. The number of benzene rings is 1. The highest BCUT2D eigenvalue weighted by molar-refractivity contribution is 7.20. The van der Waals surface area contributed by atoms with Crippen molar-refractivity contribution in [2.45, 2.75) is 33.9 Å². The molecule has 0 aliphatic rings. The van der Waals surface area contributed by atoms with Gasteiger partial charge in [-0.25, -0.2) is 4.79 Å². The van der Waals surface area contributed by atoms with Crippen molar-refractivity contribution in [2.75, 3.05) is 0 Å². The van der Waals surface area contributed by atoms with Crippen molar-refractivity contribution in [3.05, 3.63) is 63.8 Å². The second kappa shape index (κ2) is 6.96. The lowest BCUT2D eigenvalue weighted by molar-refractivity contribution is 0.0442. The molecule has 0 radical (unpaired) electrons. The summed E-state index contributed by atoms with van der Waals surface area (Å²) in [7, 11) is 0. The topological polar surface area (TPSA) is 83.0 Å². The number of ether oxygens (including phenoxy) is 1. The Morgan fingerprint density at radius 1 is 1.19 bits per heavy atom. The summed E-state index contributed by atoms with van der Waals surface area (Å²) in [6, 6.07) is 10.2. The van der Waals surface area contributed by atoms with Crippen molar-refractivity contribution < 1.29 is 13.9 Å². The first-order chi connectivity index (χ1) is 13.0. The van der Waals surface area contributed by atoms with Gasteiger partial charge in [0.2, 0.25) is 5.89 Å². The first kappa shape index (κ1) is 17.4. The molecule has 8 heteroatoms. The molecule has 0 amide bonds. The van der Waals surface area contributed by atoms with E-state index in [1.54, 1.807) is 6.92 Å². The van der Waals surface area contributed by atoms with E-state index in [4.69, 9.17) is 9.15 Å². The molecule has 0 aliphatic carbocycles. The van der Waals surface area contributed by atoms with E-state index >= 15 is 0 Å². The summed E-state index contributed by atoms with van der Waals surface area (Å²) in [5.41, 5.74) is 3.27. The number of carbonyl (C=O) groups is 1. The molecule has 7 nitrogen and oxygen atoms in total. The Labute approximate surface area is 159 Å². The van der Waals surface area contributed by atoms with Gasteiger partial charge in [-0.05, 0) is 25.5 Å². The lowest BCUT2D eigenvalue weighted by Gasteiger charge is -2.03. The van der Waals surface area contributed by atoms with Gasteiger partial charge < -0.3 is 9.15 Å². The zero-order chi connectivity index (χ0) is 19.0. The van der Waals surface area contributed by atoms with Gasteiger partial charge in [-0.3, -0.25) is 4.68 Å². The average Bonchev–Trinajstić information content (AvgIpc) is 3.33. The van der Waals surface area contributed by atoms with Crippen molar-refractivity contribution in [3.8, 4) is 0 Å². The zero-order valence-corrected chi connectivity index (χ0v) is 16.0. The molecule has 27 heavy (non-hydrogen) atoms. The van der Waals surface area contributed by atoms with E-state index in [0.717, 1.165) is 21.5 Å². The number of hydrogen-bond donors (Lipinski definition) is 0. The lowest BCUT2D eigenvalue weighted by atomic mass is 10.1. The van der Waals surface area contributed by atoms with E-state index in [1.807, 2.05) is 17.7 Å². The van der Waals surface area contributed by atoms with Crippen molar-refractivity contribution in [2.24, 2.45) is 0 Å². The van der Waals surface area contributed by atoms with Gasteiger partial charge in [-0.2, -0.15) is 5.10 Å². The van der Waals surface area contributed by atoms with Crippen molar-refractivity contribution >= 4 is 27.5 Å². The van der Waals surface area contributed by atoms with Crippen LogP contribution in [0.3, 0.4) is 0 Å². The normalized spacial score (nSPS) is 11.2. The van der Waals surface area contributed by atoms with E-state index in [1.165, 1.54) is 16.9 Å². The second-order valence-corrected chi connectivity index (χ2v) is 7.38. The Morgan fingerprint density at radius 3 is 2.67 bits per heavy atom. The minimum atomic E-state index is -0.409. The predicted molar refractivity (Wildman–Crippen MR) is 101 cm³/mol. The van der Waals surface area contributed by atoms with Crippen LogP contribution in [0.4, 0.5) is 0 Å². The van der Waals surface area contributed by atoms with E-state index in [-0.39, 0.29) is 12.5 Å². The Balaban J connectivity index is 1.54. The molecule has 0 N–H and O–H groups in total. The number of thiophene rings is 1. The minimum absolute atomic E-state index is 0.0393. The number of carbonyl (C=O) groups excluding carboxylic acids is 1. The van der Waals surface area contributed by atoms with Crippen LogP contribution in [0.5, 0.6) is 0 Å². The maximum atomic E-state index is 12.4. The summed E-state index contributed by atoms with van der Waals surface area (Å²) in [4.78, 5) is 13.9. The van der Waals surface area contributed by atoms with Gasteiger partial charge >= 0.3 is 5.97 Å². The third-order valence-corrected chi connectivity index (χ3v) is 5.28. The van der Waals surface area contributed by atoms with Crippen LogP contribution in [-0.2, 0) is 17.9 Å². The zero-order valence-electron chi connectivity index (χ0n) is 15.2. The molecule has 0 saturated heterocycles. The van der Waals surface area contributed by atoms with Crippen molar-refractivity contribution in [1.82, 2.24) is 20.0 Å². The molecule has 3 aromatic heterocycles. The Bertz CT molecular complexity index is 1110. The fraction of sp³-hybridized carbons (Fsp3) is 0.263. The molecule has 0 atom stereocenters. The van der Waals surface area contributed by atoms with E-state index in [2.05, 4.69) is 46.5 Å². The molecular formula is C19H18N4O3S. The highest BCUT2D eigenvalue weighted by Gasteiger charge is 2.18. The maximum Gasteiger partial charge on any atom is 0.348 e. The summed E-state index contributed by atoms with van der Waals surface area (Å²) >= 11 is 1.37. The molecule has 138 valence electrons. The Hall–Kier alpha value is -3.00. The smallest absolute Gasteiger partial charge is 0.348 e. The van der Waals surface area contributed by atoms with Gasteiger partial charge in [0.1, 0.15) is 9.71 Å². The molecule has 0 bridgehead atoms. The van der Waals surface area contributed by atoms with Crippen LogP contribution in [0.25, 0.3) is 10.2 Å². The van der Waals surface area contributed by atoms with Crippen LogP contribution in [0.15, 0.2) is 34.7 Å². The second-order valence-electron chi connectivity index (χ2n) is 6.35. The molecule has 4 aromatic rings. The largest absolute Gasteiger partial charge is 0.451 e. The molecule has 0 unspecified atom stereocenters. The summed E-state index contributed by atoms with van der Waals surface area (Å²) in [5, 5.41) is 13.1. The van der Waals surface area contributed by atoms with Crippen LogP contribution in [0, 0.1) is 20.8 Å². The Morgan fingerprint density at radius 2 is 1.96 bits per heavy atom. The quantitative estimate of drug-likeness (QED) is 0.488. The number of aryl methyl sites for hydroxylation is 3.